The number of hydrogen-bond acceptors (Lipinski definition) is 5. The Morgan fingerprint density at radius 1 is 0.914 bits per heavy atom. The van der Waals surface area contributed by atoms with E-state index in [1.54, 1.807) is 24.5 Å². The average molecular weight is 471 g/mol. The number of halogens is 2. The lowest BCUT2D eigenvalue weighted by Crippen LogP contribution is -2.18. The Labute approximate surface area is 201 Å². The molecule has 0 saturated carbocycles. The van der Waals surface area contributed by atoms with Crippen LogP contribution in [0, 0.1) is 11.6 Å². The number of aromatic nitrogens is 4. The van der Waals surface area contributed by atoms with E-state index >= 15 is 0 Å². The number of pyridine rings is 2. The van der Waals surface area contributed by atoms with Crippen molar-refractivity contribution in [3.8, 4) is 22.4 Å². The molecular weight excluding hydrogens is 446 g/mol. The van der Waals surface area contributed by atoms with Crippen LogP contribution in [0.3, 0.4) is 0 Å². The third kappa shape index (κ3) is 5.02. The number of anilines is 2. The van der Waals surface area contributed by atoms with Crippen LogP contribution in [0.4, 0.5) is 20.2 Å². The van der Waals surface area contributed by atoms with Gasteiger partial charge < -0.3 is 10.2 Å². The molecule has 0 aliphatic rings. The molecule has 0 atom stereocenters. The smallest absolute Gasteiger partial charge is 0.132 e. The third-order valence-electron chi connectivity index (χ3n) is 5.73. The van der Waals surface area contributed by atoms with Gasteiger partial charge in [-0.3, -0.25) is 14.6 Å². The Hall–Kier alpha value is -4.17. The van der Waals surface area contributed by atoms with Gasteiger partial charge in [0.15, 0.2) is 0 Å². The molecule has 0 spiro atoms. The van der Waals surface area contributed by atoms with Crippen molar-refractivity contribution in [2.75, 3.05) is 26.0 Å². The second-order valence-corrected chi connectivity index (χ2v) is 8.56. The largest absolute Gasteiger partial charge is 0.355 e. The SMILES string of the molecule is CN(C)CCn1cc(-c2ccc3c(Nc4ccnc(-c5cc(F)ccc5F)c4)ccnc3c2)cn1. The van der Waals surface area contributed by atoms with Crippen molar-refractivity contribution >= 4 is 22.3 Å². The molecule has 0 aliphatic heterocycles. The molecule has 0 amide bonds. The van der Waals surface area contributed by atoms with Crippen LogP contribution in [-0.4, -0.2) is 45.3 Å². The predicted octanol–water partition coefficient (Wildman–Crippen LogP) is 5.74. The summed E-state index contributed by atoms with van der Waals surface area (Å²) in [5, 5.41) is 8.77. The quantitative estimate of drug-likeness (QED) is 0.329. The van der Waals surface area contributed by atoms with Crippen LogP contribution in [0.5, 0.6) is 0 Å². The monoisotopic (exact) mass is 470 g/mol. The molecule has 176 valence electrons. The normalized spacial score (nSPS) is 11.3. The molecule has 8 heteroatoms. The lowest BCUT2D eigenvalue weighted by atomic mass is 10.1. The fraction of sp³-hybridized carbons (Fsp3) is 0.148. The lowest BCUT2D eigenvalue weighted by molar-refractivity contribution is 0.373. The molecule has 6 nitrogen and oxygen atoms in total. The second kappa shape index (κ2) is 9.60. The van der Waals surface area contributed by atoms with Crippen molar-refractivity contribution in [3.05, 3.63) is 91.0 Å². The molecule has 0 radical (unpaired) electrons. The van der Waals surface area contributed by atoms with Crippen molar-refractivity contribution in [3.63, 3.8) is 0 Å². The summed E-state index contributed by atoms with van der Waals surface area (Å²) in [5.74, 6) is -1.04. The van der Waals surface area contributed by atoms with Crippen LogP contribution in [0.25, 0.3) is 33.3 Å². The maximum absolute atomic E-state index is 14.2. The maximum Gasteiger partial charge on any atom is 0.132 e. The van der Waals surface area contributed by atoms with Gasteiger partial charge in [-0.05, 0) is 62.1 Å². The van der Waals surface area contributed by atoms with Crippen LogP contribution in [0.1, 0.15) is 0 Å². The summed E-state index contributed by atoms with van der Waals surface area (Å²) in [6.07, 6.45) is 7.21. The molecule has 0 bridgehead atoms. The molecule has 5 aromatic rings. The van der Waals surface area contributed by atoms with Gasteiger partial charge in [-0.25, -0.2) is 8.78 Å². The molecule has 1 N–H and O–H groups in total. The van der Waals surface area contributed by atoms with Crippen LogP contribution >= 0.6 is 0 Å². The van der Waals surface area contributed by atoms with E-state index in [0.29, 0.717) is 11.4 Å². The number of benzene rings is 2. The summed E-state index contributed by atoms with van der Waals surface area (Å²) in [5.41, 5.74) is 4.91. The van der Waals surface area contributed by atoms with Gasteiger partial charge in [0.2, 0.25) is 0 Å². The summed E-state index contributed by atoms with van der Waals surface area (Å²) in [6, 6.07) is 14.8. The van der Waals surface area contributed by atoms with E-state index in [2.05, 4.69) is 25.3 Å². The van der Waals surface area contributed by atoms with Crippen LogP contribution in [-0.2, 0) is 6.54 Å². The molecule has 0 aliphatic carbocycles. The molecule has 35 heavy (non-hydrogen) atoms. The molecular formula is C27H24F2N6. The Morgan fingerprint density at radius 2 is 1.77 bits per heavy atom. The third-order valence-corrected chi connectivity index (χ3v) is 5.73. The van der Waals surface area contributed by atoms with Crippen LogP contribution < -0.4 is 5.32 Å². The van der Waals surface area contributed by atoms with Crippen molar-refractivity contribution in [1.82, 2.24) is 24.6 Å². The van der Waals surface area contributed by atoms with E-state index in [1.807, 2.05) is 55.4 Å². The highest BCUT2D eigenvalue weighted by molar-refractivity contribution is 5.95. The summed E-state index contributed by atoms with van der Waals surface area (Å²) < 4.78 is 29.8. The summed E-state index contributed by atoms with van der Waals surface area (Å²) in [4.78, 5) is 10.9. The molecule has 0 saturated heterocycles. The predicted molar refractivity (Wildman–Crippen MR) is 134 cm³/mol. The zero-order valence-corrected chi connectivity index (χ0v) is 19.4. The highest BCUT2D eigenvalue weighted by Crippen LogP contribution is 2.30. The molecule has 0 unspecified atom stereocenters. The van der Waals surface area contributed by atoms with E-state index in [0.717, 1.165) is 59.0 Å². The highest BCUT2D eigenvalue weighted by atomic mass is 19.1. The first-order valence-corrected chi connectivity index (χ1v) is 11.2. The number of rotatable bonds is 7. The van der Waals surface area contributed by atoms with Gasteiger partial charge in [0.05, 0.1) is 24.0 Å². The van der Waals surface area contributed by atoms with Crippen molar-refractivity contribution < 1.29 is 8.78 Å². The topological polar surface area (TPSA) is 58.9 Å². The Kier molecular flexibility index (Phi) is 6.20. The maximum atomic E-state index is 14.2. The van der Waals surface area contributed by atoms with Gasteiger partial charge in [-0.15, -0.1) is 0 Å². The Bertz CT molecular complexity index is 1490. The molecule has 0 fully saturated rings. The Morgan fingerprint density at radius 3 is 2.63 bits per heavy atom. The minimum atomic E-state index is -0.525. The highest BCUT2D eigenvalue weighted by Gasteiger charge is 2.11. The minimum Gasteiger partial charge on any atom is -0.355 e. The summed E-state index contributed by atoms with van der Waals surface area (Å²) in [6.45, 7) is 1.73. The number of likely N-dealkylation sites (N-methyl/N-ethyl adjacent to an activating group) is 1. The summed E-state index contributed by atoms with van der Waals surface area (Å²) >= 11 is 0. The van der Waals surface area contributed by atoms with E-state index < -0.39 is 11.6 Å². The molecule has 3 heterocycles. The number of hydrogen-bond donors (Lipinski definition) is 1. The Balaban J connectivity index is 1.42. The first-order valence-electron chi connectivity index (χ1n) is 11.2. The van der Waals surface area contributed by atoms with E-state index in [4.69, 9.17) is 0 Å². The van der Waals surface area contributed by atoms with Gasteiger partial charge in [0.25, 0.3) is 0 Å². The molecule has 2 aromatic carbocycles. The van der Waals surface area contributed by atoms with Crippen molar-refractivity contribution in [1.29, 1.82) is 0 Å². The van der Waals surface area contributed by atoms with Gasteiger partial charge in [0, 0.05) is 53.0 Å². The van der Waals surface area contributed by atoms with Gasteiger partial charge in [0.1, 0.15) is 11.6 Å². The van der Waals surface area contributed by atoms with E-state index in [1.165, 1.54) is 0 Å². The summed E-state index contributed by atoms with van der Waals surface area (Å²) in [7, 11) is 4.08. The lowest BCUT2D eigenvalue weighted by Gasteiger charge is -2.12. The second-order valence-electron chi connectivity index (χ2n) is 8.56. The minimum absolute atomic E-state index is 0.115. The standard InChI is InChI=1S/C27H24F2N6/c1-34(2)11-12-35-17-19(16-32-35)18-3-5-22-25(8-10-31-26(22)13-18)33-21-7-9-30-27(15-21)23-14-20(28)4-6-24(23)29/h3-10,13-17H,11-12H2,1-2H3,(H,30,31,33). The van der Waals surface area contributed by atoms with Gasteiger partial charge >= 0.3 is 0 Å². The van der Waals surface area contributed by atoms with Crippen LogP contribution in [0.15, 0.2) is 79.4 Å². The first-order chi connectivity index (χ1) is 17.0. The van der Waals surface area contributed by atoms with Gasteiger partial charge in [-0.2, -0.15) is 5.10 Å². The van der Waals surface area contributed by atoms with Crippen LogP contribution in [0.2, 0.25) is 0 Å². The zero-order valence-electron chi connectivity index (χ0n) is 19.4. The molecule has 5 rings (SSSR count). The van der Waals surface area contributed by atoms with Crippen molar-refractivity contribution in [2.24, 2.45) is 0 Å². The van der Waals surface area contributed by atoms with E-state index in [9.17, 15) is 8.78 Å². The van der Waals surface area contributed by atoms with Gasteiger partial charge in [-0.1, -0.05) is 12.1 Å². The number of fused-ring (bicyclic) bond motifs is 1. The fourth-order valence-corrected chi connectivity index (χ4v) is 3.88. The first kappa shape index (κ1) is 22.6. The van der Waals surface area contributed by atoms with E-state index in [-0.39, 0.29) is 5.56 Å². The molecule has 3 aromatic heterocycles. The zero-order chi connectivity index (χ0) is 24.4. The van der Waals surface area contributed by atoms with Crippen molar-refractivity contribution in [2.45, 2.75) is 6.54 Å². The number of nitrogens with zero attached hydrogens (tertiary/aromatic N) is 5. The average Bonchev–Trinajstić information content (AvgIpc) is 3.33. The fourth-order valence-electron chi connectivity index (χ4n) is 3.88. The number of nitrogens with one attached hydrogen (secondary N) is 1.